The fraction of sp³-hybridized carbons (Fsp3) is 0.368. The molecule has 1 fully saturated rings. The van der Waals surface area contributed by atoms with Gasteiger partial charge in [0.15, 0.2) is 0 Å². The van der Waals surface area contributed by atoms with Crippen molar-refractivity contribution in [3.8, 4) is 5.75 Å². The number of rotatable bonds is 5. The molecule has 1 aliphatic rings. The lowest BCUT2D eigenvalue weighted by Gasteiger charge is -2.18. The molecule has 27 heavy (non-hydrogen) atoms. The van der Waals surface area contributed by atoms with Crippen LogP contribution in [0, 0.1) is 5.92 Å². The van der Waals surface area contributed by atoms with Crippen LogP contribution in [0.25, 0.3) is 10.8 Å². The minimum absolute atomic E-state index is 0.00916. The maximum atomic E-state index is 12.4. The van der Waals surface area contributed by atoms with Crippen molar-refractivity contribution in [3.05, 3.63) is 42.0 Å². The molecule has 2 aromatic carbocycles. The summed E-state index contributed by atoms with van der Waals surface area (Å²) in [4.78, 5) is 24.4. The van der Waals surface area contributed by atoms with Crippen LogP contribution in [0.15, 0.2) is 36.4 Å². The van der Waals surface area contributed by atoms with E-state index in [0.717, 1.165) is 22.1 Å². The van der Waals surface area contributed by atoms with E-state index in [9.17, 15) is 22.8 Å². The Labute approximate surface area is 153 Å². The molecule has 8 heteroatoms. The zero-order valence-electron chi connectivity index (χ0n) is 14.6. The molecule has 0 N–H and O–H groups in total. The highest BCUT2D eigenvalue weighted by Gasteiger charge is 2.41. The molecule has 0 aromatic heterocycles. The average molecular weight is 381 g/mol. The van der Waals surface area contributed by atoms with E-state index >= 15 is 0 Å². The number of carbonyl (C=O) groups excluding carboxylic acids is 2. The van der Waals surface area contributed by atoms with Crippen molar-refractivity contribution in [2.75, 3.05) is 20.2 Å². The molecule has 1 aliphatic heterocycles. The lowest BCUT2D eigenvalue weighted by molar-refractivity contribution is -0.158. The van der Waals surface area contributed by atoms with E-state index in [0.29, 0.717) is 4.90 Å². The second-order valence-corrected chi connectivity index (χ2v) is 6.45. The number of amides is 1. The Morgan fingerprint density at radius 3 is 2.59 bits per heavy atom. The Bertz CT molecular complexity index is 866. The van der Waals surface area contributed by atoms with E-state index in [1.807, 2.05) is 30.3 Å². The van der Waals surface area contributed by atoms with Gasteiger partial charge in [-0.05, 0) is 34.5 Å². The summed E-state index contributed by atoms with van der Waals surface area (Å²) in [6.07, 6.45) is -4.74. The lowest BCUT2D eigenvalue weighted by atomic mass is 10.1. The number of nitrogens with zero attached hydrogens (tertiary/aromatic N) is 1. The van der Waals surface area contributed by atoms with Gasteiger partial charge in [0, 0.05) is 13.0 Å². The van der Waals surface area contributed by atoms with E-state index in [2.05, 4.69) is 0 Å². The molecule has 1 saturated heterocycles. The molecule has 1 amide bonds. The number of likely N-dealkylation sites (tertiary alicyclic amines) is 1. The third-order valence-corrected chi connectivity index (χ3v) is 4.41. The maximum Gasteiger partial charge on any atom is 0.406 e. The molecule has 144 valence electrons. The Hall–Kier alpha value is -2.77. The number of methoxy groups -OCH3 is 1. The zero-order chi connectivity index (χ0) is 19.6. The molecule has 0 bridgehead atoms. The van der Waals surface area contributed by atoms with Crippen LogP contribution in [0.3, 0.4) is 0 Å². The second-order valence-electron chi connectivity index (χ2n) is 6.45. The van der Waals surface area contributed by atoms with E-state index in [1.54, 1.807) is 13.2 Å². The van der Waals surface area contributed by atoms with Gasteiger partial charge in [-0.2, -0.15) is 13.2 Å². The quantitative estimate of drug-likeness (QED) is 0.746. The second kappa shape index (κ2) is 7.46. The van der Waals surface area contributed by atoms with Crippen molar-refractivity contribution in [2.45, 2.75) is 19.2 Å². The molecule has 1 heterocycles. The summed E-state index contributed by atoms with van der Waals surface area (Å²) in [5, 5.41) is 1.91. The first-order valence-corrected chi connectivity index (χ1v) is 8.33. The normalized spacial score (nSPS) is 17.4. The molecule has 3 rings (SSSR count). The van der Waals surface area contributed by atoms with Crippen LogP contribution < -0.4 is 4.74 Å². The highest BCUT2D eigenvalue weighted by molar-refractivity contribution is 5.87. The molecule has 5 nitrogen and oxygen atoms in total. The molecule has 1 atom stereocenters. The van der Waals surface area contributed by atoms with Crippen LogP contribution in [-0.4, -0.2) is 43.2 Å². The standard InChI is InChI=1S/C19H18F3NO4/c1-26-16-5-4-13-6-12(2-3-14(13)7-16)10-27-18(25)15-8-17(24)23(9-15)11-19(20,21)22/h2-7,15H,8-11H2,1H3. The zero-order valence-corrected chi connectivity index (χ0v) is 14.6. The average Bonchev–Trinajstić information content (AvgIpc) is 2.98. The van der Waals surface area contributed by atoms with Crippen LogP contribution >= 0.6 is 0 Å². The fourth-order valence-corrected chi connectivity index (χ4v) is 3.06. The van der Waals surface area contributed by atoms with Gasteiger partial charge in [0.2, 0.25) is 5.91 Å². The predicted octanol–water partition coefficient (Wildman–Crippen LogP) is 3.30. The fourth-order valence-electron chi connectivity index (χ4n) is 3.06. The Kier molecular flexibility index (Phi) is 5.25. The number of benzene rings is 2. The van der Waals surface area contributed by atoms with E-state index in [-0.39, 0.29) is 19.6 Å². The van der Waals surface area contributed by atoms with Crippen molar-refractivity contribution in [1.29, 1.82) is 0 Å². The molecule has 0 radical (unpaired) electrons. The van der Waals surface area contributed by atoms with Gasteiger partial charge in [-0.1, -0.05) is 18.2 Å². The molecular formula is C19H18F3NO4. The summed E-state index contributed by atoms with van der Waals surface area (Å²) in [5.41, 5.74) is 0.748. The summed E-state index contributed by atoms with van der Waals surface area (Å²) in [5.74, 6) is -1.49. The van der Waals surface area contributed by atoms with Crippen molar-refractivity contribution < 1.29 is 32.2 Å². The molecule has 1 unspecified atom stereocenters. The van der Waals surface area contributed by atoms with Crippen LogP contribution in [0.4, 0.5) is 13.2 Å². The largest absolute Gasteiger partial charge is 0.497 e. The number of alkyl halides is 3. The third-order valence-electron chi connectivity index (χ3n) is 4.41. The first-order valence-electron chi connectivity index (χ1n) is 8.33. The molecule has 0 spiro atoms. The number of carbonyl (C=O) groups is 2. The number of hydrogen-bond donors (Lipinski definition) is 0. The van der Waals surface area contributed by atoms with Crippen molar-refractivity contribution >= 4 is 22.6 Å². The Morgan fingerprint density at radius 1 is 1.19 bits per heavy atom. The molecular weight excluding hydrogens is 363 g/mol. The summed E-state index contributed by atoms with van der Waals surface area (Å²) in [7, 11) is 1.58. The maximum absolute atomic E-state index is 12.4. The monoisotopic (exact) mass is 381 g/mol. The molecule has 0 saturated carbocycles. The number of ether oxygens (including phenoxy) is 2. The third kappa shape index (κ3) is 4.69. The van der Waals surface area contributed by atoms with Gasteiger partial charge in [0.05, 0.1) is 13.0 Å². The SMILES string of the molecule is COc1ccc2cc(COC(=O)C3CC(=O)N(CC(F)(F)F)C3)ccc2c1. The van der Waals surface area contributed by atoms with E-state index in [4.69, 9.17) is 9.47 Å². The van der Waals surface area contributed by atoms with Crippen LogP contribution in [-0.2, 0) is 20.9 Å². The van der Waals surface area contributed by atoms with Crippen molar-refractivity contribution in [1.82, 2.24) is 4.90 Å². The van der Waals surface area contributed by atoms with Gasteiger partial charge >= 0.3 is 12.1 Å². The Balaban J connectivity index is 1.59. The Morgan fingerprint density at radius 2 is 1.89 bits per heavy atom. The number of halogens is 3. The predicted molar refractivity (Wildman–Crippen MR) is 91.0 cm³/mol. The van der Waals surface area contributed by atoms with Crippen molar-refractivity contribution in [3.63, 3.8) is 0 Å². The van der Waals surface area contributed by atoms with Gasteiger partial charge in [0.25, 0.3) is 0 Å². The van der Waals surface area contributed by atoms with E-state index in [1.165, 1.54) is 0 Å². The van der Waals surface area contributed by atoms with E-state index < -0.39 is 30.5 Å². The highest BCUT2D eigenvalue weighted by atomic mass is 19.4. The van der Waals surface area contributed by atoms with Gasteiger partial charge in [-0.3, -0.25) is 9.59 Å². The number of fused-ring (bicyclic) bond motifs is 1. The summed E-state index contributed by atoms with van der Waals surface area (Å²) >= 11 is 0. The van der Waals surface area contributed by atoms with Gasteiger partial charge < -0.3 is 14.4 Å². The van der Waals surface area contributed by atoms with Crippen LogP contribution in [0.5, 0.6) is 5.75 Å². The first-order chi connectivity index (χ1) is 12.7. The van der Waals surface area contributed by atoms with Gasteiger partial charge in [-0.25, -0.2) is 0 Å². The van der Waals surface area contributed by atoms with Gasteiger partial charge in [0.1, 0.15) is 18.9 Å². The first kappa shape index (κ1) is 19.0. The summed E-state index contributed by atoms with van der Waals surface area (Å²) in [6.45, 7) is -1.62. The summed E-state index contributed by atoms with van der Waals surface area (Å²) in [6, 6.07) is 11.1. The van der Waals surface area contributed by atoms with Crippen molar-refractivity contribution in [2.24, 2.45) is 5.92 Å². The minimum atomic E-state index is -4.48. The smallest absolute Gasteiger partial charge is 0.406 e. The topological polar surface area (TPSA) is 55.8 Å². The van der Waals surface area contributed by atoms with Gasteiger partial charge in [-0.15, -0.1) is 0 Å². The lowest BCUT2D eigenvalue weighted by Crippen LogP contribution is -2.35. The highest BCUT2D eigenvalue weighted by Crippen LogP contribution is 2.25. The number of esters is 1. The molecule has 0 aliphatic carbocycles. The minimum Gasteiger partial charge on any atom is -0.497 e. The number of hydrogen-bond acceptors (Lipinski definition) is 4. The molecule has 2 aromatic rings. The van der Waals surface area contributed by atoms with Crippen LogP contribution in [0.2, 0.25) is 0 Å². The summed E-state index contributed by atoms with van der Waals surface area (Å²) < 4.78 is 47.7. The van der Waals surface area contributed by atoms with Crippen LogP contribution in [0.1, 0.15) is 12.0 Å².